The molecule has 2 aliphatic rings. The number of carbonyl (C=O) groups is 1. The molecule has 2 aliphatic carbocycles. The number of carbonyl (C=O) groups excluding carboxylic acids is 1. The molecule has 1 saturated carbocycles. The van der Waals surface area contributed by atoms with Gasteiger partial charge in [-0.3, -0.25) is 9.89 Å². The molecule has 4 heteroatoms. The van der Waals surface area contributed by atoms with Crippen LogP contribution in [0.4, 0.5) is 0 Å². The Bertz CT molecular complexity index is 548. The molecule has 0 saturated heterocycles. The lowest BCUT2D eigenvalue weighted by molar-refractivity contribution is 0.100. The topological polar surface area (TPSA) is 71.8 Å². The van der Waals surface area contributed by atoms with Gasteiger partial charge in [0.25, 0.3) is 5.91 Å². The Morgan fingerprint density at radius 1 is 1.21 bits per heavy atom. The Balaban J connectivity index is 0.000000123. The summed E-state index contributed by atoms with van der Waals surface area (Å²) >= 11 is 0. The fourth-order valence-corrected chi connectivity index (χ4v) is 3.19. The lowest BCUT2D eigenvalue weighted by atomic mass is 9.92. The van der Waals surface area contributed by atoms with Crippen LogP contribution in [0.1, 0.15) is 52.6 Å². The number of hydrogen-bond acceptors (Lipinski definition) is 2. The Kier molecular flexibility index (Phi) is 3.07. The van der Waals surface area contributed by atoms with Crippen molar-refractivity contribution in [3.05, 3.63) is 53.3 Å². The molecule has 2 bridgehead atoms. The zero-order chi connectivity index (χ0) is 13.2. The van der Waals surface area contributed by atoms with Gasteiger partial charge >= 0.3 is 0 Å². The average Bonchev–Trinajstić information content (AvgIpc) is 3.17. The van der Waals surface area contributed by atoms with Crippen LogP contribution in [0.15, 0.2) is 36.7 Å². The first kappa shape index (κ1) is 12.0. The maximum Gasteiger partial charge on any atom is 0.251 e. The van der Waals surface area contributed by atoms with Crippen molar-refractivity contribution in [3.63, 3.8) is 0 Å². The van der Waals surface area contributed by atoms with Crippen LogP contribution in [0.3, 0.4) is 0 Å². The van der Waals surface area contributed by atoms with Gasteiger partial charge in [0, 0.05) is 6.20 Å². The third kappa shape index (κ3) is 2.26. The predicted octanol–water partition coefficient (Wildman–Crippen LogP) is 2.56. The van der Waals surface area contributed by atoms with Gasteiger partial charge in [0.15, 0.2) is 0 Å². The van der Waals surface area contributed by atoms with Crippen LogP contribution in [0.5, 0.6) is 0 Å². The maximum atomic E-state index is 10.2. The molecule has 2 atom stereocenters. The van der Waals surface area contributed by atoms with Gasteiger partial charge < -0.3 is 5.73 Å². The van der Waals surface area contributed by atoms with Gasteiger partial charge in [-0.1, -0.05) is 24.3 Å². The summed E-state index contributed by atoms with van der Waals surface area (Å²) in [6.45, 7) is 0. The second-order valence-corrected chi connectivity index (χ2v) is 5.19. The van der Waals surface area contributed by atoms with Crippen LogP contribution in [-0.4, -0.2) is 16.1 Å². The van der Waals surface area contributed by atoms with Crippen LogP contribution in [0.2, 0.25) is 0 Å². The van der Waals surface area contributed by atoms with Gasteiger partial charge in [0.2, 0.25) is 0 Å². The molecule has 4 rings (SSSR count). The summed E-state index contributed by atoms with van der Waals surface area (Å²) in [4.78, 5) is 10.2. The number of aromatic nitrogens is 2. The van der Waals surface area contributed by atoms with E-state index in [0.29, 0.717) is 5.56 Å². The molecule has 1 heterocycles. The van der Waals surface area contributed by atoms with Crippen molar-refractivity contribution in [1.82, 2.24) is 10.2 Å². The van der Waals surface area contributed by atoms with E-state index in [1.54, 1.807) is 11.1 Å². The Hall–Kier alpha value is -2.10. The Labute approximate surface area is 112 Å². The molecule has 1 fully saturated rings. The van der Waals surface area contributed by atoms with Gasteiger partial charge in [0.05, 0.1) is 11.8 Å². The smallest absolute Gasteiger partial charge is 0.251 e. The highest BCUT2D eigenvalue weighted by molar-refractivity contribution is 5.92. The quantitative estimate of drug-likeness (QED) is 0.822. The SMILES string of the molecule is NC(=O)c1cn[nH]c1.c1ccc2c(c1)C1CCC2C1. The number of nitrogens with zero attached hydrogens (tertiary/aromatic N) is 1. The van der Waals surface area contributed by atoms with E-state index < -0.39 is 5.91 Å². The number of H-pyrrole nitrogens is 1. The van der Waals surface area contributed by atoms with E-state index in [-0.39, 0.29) is 0 Å². The van der Waals surface area contributed by atoms with E-state index in [9.17, 15) is 4.79 Å². The largest absolute Gasteiger partial charge is 0.366 e. The monoisotopic (exact) mass is 255 g/mol. The minimum absolute atomic E-state index is 0.407. The maximum absolute atomic E-state index is 10.2. The minimum Gasteiger partial charge on any atom is -0.366 e. The number of fused-ring (bicyclic) bond motifs is 5. The summed E-state index contributed by atoms with van der Waals surface area (Å²) < 4.78 is 0. The van der Waals surface area contributed by atoms with Crippen molar-refractivity contribution in [2.75, 3.05) is 0 Å². The lowest BCUT2D eigenvalue weighted by Crippen LogP contribution is -2.09. The summed E-state index contributed by atoms with van der Waals surface area (Å²) in [5, 5.41) is 5.98. The minimum atomic E-state index is -0.459. The summed E-state index contributed by atoms with van der Waals surface area (Å²) in [6.07, 6.45) is 7.16. The van der Waals surface area contributed by atoms with Crippen LogP contribution in [-0.2, 0) is 0 Å². The summed E-state index contributed by atoms with van der Waals surface area (Å²) in [7, 11) is 0. The van der Waals surface area contributed by atoms with Gasteiger partial charge in [0.1, 0.15) is 0 Å². The van der Waals surface area contributed by atoms with E-state index in [1.165, 1.54) is 31.7 Å². The highest BCUT2D eigenvalue weighted by Crippen LogP contribution is 2.52. The third-order valence-electron chi connectivity index (χ3n) is 4.09. The first-order chi connectivity index (χ1) is 9.25. The van der Waals surface area contributed by atoms with Crippen molar-refractivity contribution in [2.24, 2.45) is 5.73 Å². The van der Waals surface area contributed by atoms with E-state index in [4.69, 9.17) is 5.73 Å². The molecule has 1 amide bonds. The van der Waals surface area contributed by atoms with Gasteiger partial charge in [-0.15, -0.1) is 0 Å². The Morgan fingerprint density at radius 2 is 1.84 bits per heavy atom. The number of nitrogens with one attached hydrogen (secondary N) is 1. The van der Waals surface area contributed by atoms with E-state index in [1.807, 2.05) is 0 Å². The molecule has 0 radical (unpaired) electrons. The van der Waals surface area contributed by atoms with Crippen LogP contribution < -0.4 is 5.73 Å². The number of aromatic amines is 1. The number of nitrogens with two attached hydrogens (primary N) is 1. The Morgan fingerprint density at radius 3 is 2.26 bits per heavy atom. The molecule has 1 aromatic heterocycles. The van der Waals surface area contributed by atoms with Crippen molar-refractivity contribution < 1.29 is 4.79 Å². The van der Waals surface area contributed by atoms with Crippen LogP contribution in [0.25, 0.3) is 0 Å². The summed E-state index contributed by atoms with van der Waals surface area (Å²) in [6, 6.07) is 9.00. The normalized spacial score (nSPS) is 22.5. The van der Waals surface area contributed by atoms with Gasteiger partial charge in [-0.25, -0.2) is 0 Å². The molecule has 4 nitrogen and oxygen atoms in total. The number of rotatable bonds is 1. The van der Waals surface area contributed by atoms with E-state index in [0.717, 1.165) is 11.8 Å². The van der Waals surface area contributed by atoms with Crippen molar-refractivity contribution >= 4 is 5.91 Å². The zero-order valence-corrected chi connectivity index (χ0v) is 10.7. The van der Waals surface area contributed by atoms with Gasteiger partial charge in [-0.05, 0) is 42.2 Å². The lowest BCUT2D eigenvalue weighted by Gasteiger charge is -2.13. The zero-order valence-electron chi connectivity index (χ0n) is 10.7. The third-order valence-corrected chi connectivity index (χ3v) is 4.09. The van der Waals surface area contributed by atoms with Crippen molar-refractivity contribution in [1.29, 1.82) is 0 Å². The summed E-state index contributed by atoms with van der Waals surface area (Å²) in [5.41, 5.74) is 8.58. The molecule has 3 N–H and O–H groups in total. The molecule has 98 valence electrons. The predicted molar refractivity (Wildman–Crippen MR) is 72.9 cm³/mol. The number of primary amides is 1. The second-order valence-electron chi connectivity index (χ2n) is 5.19. The average molecular weight is 255 g/mol. The van der Waals surface area contributed by atoms with E-state index >= 15 is 0 Å². The molecule has 2 unspecified atom stereocenters. The molecule has 2 aromatic rings. The standard InChI is InChI=1S/C11H12.C4H5N3O/c1-2-4-11-9-6-5-8(7-9)10(11)3-1;5-4(8)3-1-6-7-2-3/h1-4,8-9H,5-7H2;1-2H,(H2,5,8)(H,6,7). The molecule has 1 aromatic carbocycles. The first-order valence-electron chi connectivity index (χ1n) is 6.63. The highest BCUT2D eigenvalue weighted by atomic mass is 16.1. The number of amides is 1. The summed E-state index contributed by atoms with van der Waals surface area (Å²) in [5.74, 6) is 1.39. The van der Waals surface area contributed by atoms with Gasteiger partial charge in [-0.2, -0.15) is 5.10 Å². The second kappa shape index (κ2) is 4.88. The molecule has 0 spiro atoms. The molecular weight excluding hydrogens is 238 g/mol. The fourth-order valence-electron chi connectivity index (χ4n) is 3.19. The molecular formula is C15H17N3O. The molecule has 19 heavy (non-hydrogen) atoms. The number of benzene rings is 1. The highest BCUT2D eigenvalue weighted by Gasteiger charge is 2.35. The fraction of sp³-hybridized carbons (Fsp3) is 0.333. The molecule has 0 aliphatic heterocycles. The number of hydrogen-bond donors (Lipinski definition) is 2. The van der Waals surface area contributed by atoms with Crippen molar-refractivity contribution in [3.8, 4) is 0 Å². The van der Waals surface area contributed by atoms with Crippen LogP contribution >= 0.6 is 0 Å². The van der Waals surface area contributed by atoms with Crippen molar-refractivity contribution in [2.45, 2.75) is 31.1 Å². The van der Waals surface area contributed by atoms with E-state index in [2.05, 4.69) is 34.5 Å². The van der Waals surface area contributed by atoms with Crippen LogP contribution in [0, 0.1) is 0 Å². The first-order valence-corrected chi connectivity index (χ1v) is 6.63.